The van der Waals surface area contributed by atoms with Gasteiger partial charge in [0.2, 0.25) is 5.91 Å². The molecule has 3 amide bonds. The molecule has 0 bridgehead atoms. The summed E-state index contributed by atoms with van der Waals surface area (Å²) in [7, 11) is 3.42. The van der Waals surface area contributed by atoms with Gasteiger partial charge >= 0.3 is 0 Å². The van der Waals surface area contributed by atoms with Crippen LogP contribution in [0.5, 0.6) is 0 Å². The number of hydrogen-bond acceptors (Lipinski definition) is 6. The molecule has 1 aliphatic rings. The highest BCUT2D eigenvalue weighted by atomic mass is 33.1. The maximum atomic E-state index is 12.2. The molecule has 0 radical (unpaired) electrons. The monoisotopic (exact) mass is 345 g/mol. The van der Waals surface area contributed by atoms with Gasteiger partial charge in [0.1, 0.15) is 6.04 Å². The molecule has 1 aliphatic heterocycles. The van der Waals surface area contributed by atoms with Crippen molar-refractivity contribution in [2.45, 2.75) is 44.5 Å². The van der Waals surface area contributed by atoms with Crippen LogP contribution in [0.3, 0.4) is 0 Å². The summed E-state index contributed by atoms with van der Waals surface area (Å²) >= 11 is 0. The van der Waals surface area contributed by atoms with Gasteiger partial charge in [-0.1, -0.05) is 42.4 Å². The van der Waals surface area contributed by atoms with E-state index in [1.165, 1.54) is 0 Å². The van der Waals surface area contributed by atoms with Crippen LogP contribution in [0.2, 0.25) is 0 Å². The fraction of sp³-hybridized carbons (Fsp3) is 0.643. The second-order valence-electron chi connectivity index (χ2n) is 6.02. The van der Waals surface area contributed by atoms with Crippen molar-refractivity contribution in [3.05, 3.63) is 12.2 Å². The molecule has 0 fully saturated rings. The first-order valence-electron chi connectivity index (χ1n) is 7.02. The van der Waals surface area contributed by atoms with Gasteiger partial charge in [0.05, 0.1) is 0 Å². The minimum atomic E-state index is -0.960. The average molecular weight is 345 g/mol. The van der Waals surface area contributed by atoms with Crippen LogP contribution in [0.25, 0.3) is 0 Å². The Morgan fingerprint density at radius 2 is 1.86 bits per heavy atom. The van der Waals surface area contributed by atoms with Crippen molar-refractivity contribution in [3.63, 3.8) is 0 Å². The minimum Gasteiger partial charge on any atom is -0.351 e. The van der Waals surface area contributed by atoms with Gasteiger partial charge in [0, 0.05) is 35.2 Å². The van der Waals surface area contributed by atoms with E-state index in [9.17, 15) is 14.4 Å². The molecule has 124 valence electrons. The molecular weight excluding hydrogens is 322 g/mol. The summed E-state index contributed by atoms with van der Waals surface area (Å²) in [5.41, 5.74) is 5.57. The van der Waals surface area contributed by atoms with E-state index in [0.717, 1.165) is 22.8 Å². The number of nitrogens with two attached hydrogens (primary N) is 1. The number of imide groups is 1. The van der Waals surface area contributed by atoms with Gasteiger partial charge in [0.25, 0.3) is 11.8 Å². The van der Waals surface area contributed by atoms with E-state index in [1.807, 2.05) is 6.92 Å². The van der Waals surface area contributed by atoms with Gasteiger partial charge in [-0.2, -0.15) is 0 Å². The van der Waals surface area contributed by atoms with Gasteiger partial charge in [-0.3, -0.25) is 19.3 Å². The molecule has 0 saturated heterocycles. The average Bonchev–Trinajstić information content (AvgIpc) is 2.70. The van der Waals surface area contributed by atoms with Crippen molar-refractivity contribution >= 4 is 39.3 Å². The highest BCUT2D eigenvalue weighted by molar-refractivity contribution is 8.77. The SMILES string of the molecule is CC(CSSC(C)(C)C)NC(=O)C(CN)N1C(=O)C=CC1=O. The van der Waals surface area contributed by atoms with E-state index < -0.39 is 23.8 Å². The number of nitrogens with one attached hydrogen (secondary N) is 1. The van der Waals surface area contributed by atoms with Crippen LogP contribution in [0.1, 0.15) is 27.7 Å². The summed E-state index contributed by atoms with van der Waals surface area (Å²) in [5, 5.41) is 2.81. The van der Waals surface area contributed by atoms with E-state index in [0.29, 0.717) is 0 Å². The third kappa shape index (κ3) is 5.66. The van der Waals surface area contributed by atoms with Crippen LogP contribution < -0.4 is 11.1 Å². The fourth-order valence-electron chi connectivity index (χ4n) is 1.74. The molecule has 6 nitrogen and oxygen atoms in total. The molecule has 0 aromatic rings. The minimum absolute atomic E-state index is 0.0813. The first kappa shape index (κ1) is 19.1. The molecule has 0 saturated carbocycles. The molecule has 0 aromatic heterocycles. The summed E-state index contributed by atoms with van der Waals surface area (Å²) < 4.78 is 0.147. The second kappa shape index (κ2) is 8.03. The van der Waals surface area contributed by atoms with Gasteiger partial charge in [-0.05, 0) is 6.92 Å². The summed E-state index contributed by atoms with van der Waals surface area (Å²) in [6.07, 6.45) is 2.30. The van der Waals surface area contributed by atoms with Gasteiger partial charge in [-0.25, -0.2) is 0 Å². The summed E-state index contributed by atoms with van der Waals surface area (Å²) in [6.45, 7) is 8.15. The third-order valence-corrected chi connectivity index (χ3v) is 6.21. The molecule has 0 aromatic carbocycles. The first-order chi connectivity index (χ1) is 10.2. The predicted octanol–water partition coefficient (Wildman–Crippen LogP) is 0.923. The number of carbonyl (C=O) groups is 3. The maximum absolute atomic E-state index is 12.2. The Morgan fingerprint density at radius 1 is 1.32 bits per heavy atom. The van der Waals surface area contributed by atoms with E-state index in [2.05, 4.69) is 26.1 Å². The molecule has 1 heterocycles. The highest BCUT2D eigenvalue weighted by Gasteiger charge is 2.35. The highest BCUT2D eigenvalue weighted by Crippen LogP contribution is 2.35. The number of carbonyl (C=O) groups excluding carboxylic acids is 3. The van der Waals surface area contributed by atoms with Crippen molar-refractivity contribution < 1.29 is 14.4 Å². The maximum Gasteiger partial charge on any atom is 0.254 e. The quantitative estimate of drug-likeness (QED) is 0.527. The zero-order valence-corrected chi connectivity index (χ0v) is 14.9. The number of rotatable bonds is 7. The van der Waals surface area contributed by atoms with Crippen LogP contribution in [0.15, 0.2) is 12.2 Å². The lowest BCUT2D eigenvalue weighted by Crippen LogP contribution is -2.55. The molecule has 2 atom stereocenters. The molecule has 0 aliphatic carbocycles. The Kier molecular flexibility index (Phi) is 6.96. The van der Waals surface area contributed by atoms with Crippen molar-refractivity contribution in [2.75, 3.05) is 12.3 Å². The van der Waals surface area contributed by atoms with Crippen molar-refractivity contribution in [1.29, 1.82) is 0 Å². The van der Waals surface area contributed by atoms with E-state index in [-0.39, 0.29) is 17.3 Å². The largest absolute Gasteiger partial charge is 0.351 e. The van der Waals surface area contributed by atoms with Crippen LogP contribution >= 0.6 is 21.6 Å². The normalized spacial score (nSPS) is 17.8. The second-order valence-corrected chi connectivity index (χ2v) is 9.19. The topological polar surface area (TPSA) is 92.5 Å². The molecule has 22 heavy (non-hydrogen) atoms. The fourth-order valence-corrected chi connectivity index (χ4v) is 4.33. The van der Waals surface area contributed by atoms with Crippen LogP contribution in [-0.2, 0) is 14.4 Å². The Labute approximate surface area is 139 Å². The summed E-state index contributed by atoms with van der Waals surface area (Å²) in [4.78, 5) is 36.4. The Morgan fingerprint density at radius 3 is 2.32 bits per heavy atom. The predicted molar refractivity (Wildman–Crippen MR) is 91.2 cm³/mol. The third-order valence-electron chi connectivity index (χ3n) is 2.70. The van der Waals surface area contributed by atoms with Crippen molar-refractivity contribution in [1.82, 2.24) is 10.2 Å². The molecule has 0 spiro atoms. The van der Waals surface area contributed by atoms with Crippen molar-refractivity contribution in [3.8, 4) is 0 Å². The Hall–Kier alpha value is -0.990. The zero-order valence-electron chi connectivity index (χ0n) is 13.3. The molecule has 8 heteroatoms. The van der Waals surface area contributed by atoms with Crippen molar-refractivity contribution in [2.24, 2.45) is 5.73 Å². The first-order valence-corrected chi connectivity index (χ1v) is 9.34. The number of nitrogens with zero attached hydrogens (tertiary/aromatic N) is 1. The van der Waals surface area contributed by atoms with E-state index >= 15 is 0 Å². The summed E-state index contributed by atoms with van der Waals surface area (Å²) in [5.74, 6) is -0.672. The molecule has 2 unspecified atom stereocenters. The van der Waals surface area contributed by atoms with E-state index in [1.54, 1.807) is 21.6 Å². The lowest BCUT2D eigenvalue weighted by molar-refractivity contribution is -0.145. The van der Waals surface area contributed by atoms with Gasteiger partial charge in [-0.15, -0.1) is 0 Å². The molecular formula is C14H23N3O3S2. The lowest BCUT2D eigenvalue weighted by atomic mass is 10.2. The van der Waals surface area contributed by atoms with Crippen LogP contribution in [0.4, 0.5) is 0 Å². The standard InChI is InChI=1S/C14H23N3O3S2/c1-9(8-21-22-14(2,3)4)16-13(20)10(7-15)17-11(18)5-6-12(17)19/h5-6,9-10H,7-8,15H2,1-4H3,(H,16,20). The lowest BCUT2D eigenvalue weighted by Gasteiger charge is -2.26. The Bertz CT molecular complexity index is 456. The molecule has 3 N–H and O–H groups in total. The Balaban J connectivity index is 2.51. The van der Waals surface area contributed by atoms with Gasteiger partial charge in [0.15, 0.2) is 0 Å². The van der Waals surface area contributed by atoms with Crippen LogP contribution in [-0.4, -0.2) is 51.7 Å². The number of amides is 3. The van der Waals surface area contributed by atoms with Gasteiger partial charge < -0.3 is 11.1 Å². The smallest absolute Gasteiger partial charge is 0.254 e. The van der Waals surface area contributed by atoms with E-state index in [4.69, 9.17) is 5.73 Å². The number of hydrogen-bond donors (Lipinski definition) is 2. The van der Waals surface area contributed by atoms with Crippen LogP contribution in [0, 0.1) is 0 Å². The molecule has 1 rings (SSSR count). The zero-order chi connectivity index (χ0) is 16.9. The summed E-state index contributed by atoms with van der Waals surface area (Å²) in [6, 6.07) is -1.04.